The van der Waals surface area contributed by atoms with E-state index < -0.39 is 0 Å². The number of benzene rings is 1. The van der Waals surface area contributed by atoms with E-state index in [1.165, 1.54) is 16.9 Å². The van der Waals surface area contributed by atoms with Gasteiger partial charge >= 0.3 is 0 Å². The predicted molar refractivity (Wildman–Crippen MR) is 113 cm³/mol. The van der Waals surface area contributed by atoms with E-state index in [0.717, 1.165) is 24.4 Å². The van der Waals surface area contributed by atoms with Gasteiger partial charge in [0.25, 0.3) is 5.91 Å². The Kier molecular flexibility index (Phi) is 6.08. The van der Waals surface area contributed by atoms with Gasteiger partial charge < -0.3 is 14.8 Å². The van der Waals surface area contributed by atoms with E-state index in [9.17, 15) is 9.90 Å². The fraction of sp³-hybridized carbons (Fsp3) is 0.364. The summed E-state index contributed by atoms with van der Waals surface area (Å²) in [5.41, 5.74) is 1.68. The first-order valence-electron chi connectivity index (χ1n) is 9.83. The van der Waals surface area contributed by atoms with Crippen molar-refractivity contribution in [3.63, 3.8) is 0 Å². The molecule has 1 saturated heterocycles. The first-order chi connectivity index (χ1) is 14.1. The second-order valence-electron chi connectivity index (χ2n) is 7.43. The molecule has 0 bridgehead atoms. The topological polar surface area (TPSA) is 78.6 Å². The van der Waals surface area contributed by atoms with Gasteiger partial charge in [-0.15, -0.1) is 11.3 Å². The molecular formula is C22H25N3O3S. The number of amides is 1. The van der Waals surface area contributed by atoms with Crippen LogP contribution in [0.1, 0.15) is 27.3 Å². The molecule has 3 heterocycles. The van der Waals surface area contributed by atoms with Crippen molar-refractivity contribution >= 4 is 17.2 Å². The summed E-state index contributed by atoms with van der Waals surface area (Å²) < 4.78 is 5.40. The number of hydrogen-bond donors (Lipinski definition) is 2. The SMILES string of the molecule is Cc1sc(-c2ccco2)nc1C(=O)N[C@@H]1CN(Cc2ccccc2)CC[C@@H]1CO. The number of aromatic nitrogens is 1. The number of aliphatic hydroxyl groups is 1. The maximum absolute atomic E-state index is 12.9. The first kappa shape index (κ1) is 19.8. The van der Waals surface area contributed by atoms with Gasteiger partial charge in [0.2, 0.25) is 0 Å². The molecule has 2 atom stereocenters. The van der Waals surface area contributed by atoms with Crippen LogP contribution >= 0.6 is 11.3 Å². The van der Waals surface area contributed by atoms with Crippen molar-refractivity contribution in [1.29, 1.82) is 0 Å². The lowest BCUT2D eigenvalue weighted by Crippen LogP contribution is -2.53. The quantitative estimate of drug-likeness (QED) is 0.651. The van der Waals surface area contributed by atoms with Crippen LogP contribution < -0.4 is 5.32 Å². The highest BCUT2D eigenvalue weighted by Crippen LogP contribution is 2.28. The van der Waals surface area contributed by atoms with E-state index >= 15 is 0 Å². The minimum Gasteiger partial charge on any atom is -0.462 e. The molecule has 3 aromatic rings. The monoisotopic (exact) mass is 411 g/mol. The van der Waals surface area contributed by atoms with Gasteiger partial charge in [-0.1, -0.05) is 30.3 Å². The number of hydrogen-bond acceptors (Lipinski definition) is 6. The Labute approximate surface area is 174 Å². The molecule has 0 aliphatic carbocycles. The Morgan fingerprint density at radius 1 is 1.31 bits per heavy atom. The van der Waals surface area contributed by atoms with E-state index in [2.05, 4.69) is 27.3 Å². The highest BCUT2D eigenvalue weighted by Gasteiger charge is 2.31. The highest BCUT2D eigenvalue weighted by molar-refractivity contribution is 7.15. The zero-order valence-corrected chi connectivity index (χ0v) is 17.2. The van der Waals surface area contributed by atoms with Crippen LogP contribution in [0, 0.1) is 12.8 Å². The molecule has 4 rings (SSSR count). The predicted octanol–water partition coefficient (Wildman–Crippen LogP) is 3.32. The summed E-state index contributed by atoms with van der Waals surface area (Å²) in [6, 6.07) is 13.8. The van der Waals surface area contributed by atoms with Crippen LogP contribution in [0.15, 0.2) is 53.1 Å². The summed E-state index contributed by atoms with van der Waals surface area (Å²) in [4.78, 5) is 20.6. The number of thiazole rings is 1. The van der Waals surface area contributed by atoms with Gasteiger partial charge in [-0.3, -0.25) is 9.69 Å². The number of carbonyl (C=O) groups is 1. The number of likely N-dealkylation sites (tertiary alicyclic amines) is 1. The maximum atomic E-state index is 12.9. The molecule has 1 aliphatic heterocycles. The van der Waals surface area contributed by atoms with Crippen molar-refractivity contribution in [2.75, 3.05) is 19.7 Å². The number of piperidine rings is 1. The van der Waals surface area contributed by atoms with Crippen LogP contribution in [0.4, 0.5) is 0 Å². The minimum absolute atomic E-state index is 0.0504. The average Bonchev–Trinajstić information content (AvgIpc) is 3.39. The van der Waals surface area contributed by atoms with E-state index in [4.69, 9.17) is 4.42 Å². The molecule has 0 radical (unpaired) electrons. The van der Waals surface area contributed by atoms with Crippen molar-refractivity contribution in [2.24, 2.45) is 5.92 Å². The summed E-state index contributed by atoms with van der Waals surface area (Å²) in [7, 11) is 0. The van der Waals surface area contributed by atoms with Crippen LogP contribution in [0.3, 0.4) is 0 Å². The molecule has 0 unspecified atom stereocenters. The number of aliphatic hydroxyl groups excluding tert-OH is 1. The van der Waals surface area contributed by atoms with Crippen LogP contribution in [-0.4, -0.2) is 46.6 Å². The normalized spacial score (nSPS) is 19.9. The van der Waals surface area contributed by atoms with E-state index in [0.29, 0.717) is 23.0 Å². The van der Waals surface area contributed by atoms with Crippen molar-refractivity contribution < 1.29 is 14.3 Å². The standard InChI is InChI=1S/C22H25N3O3S/c1-15-20(24-22(29-15)19-8-5-11-28-19)21(27)23-18-13-25(10-9-17(18)14-26)12-16-6-3-2-4-7-16/h2-8,11,17-18,26H,9-10,12-14H2,1H3,(H,23,27)/t17-,18-/m1/s1. The maximum Gasteiger partial charge on any atom is 0.271 e. The van der Waals surface area contributed by atoms with Crippen molar-refractivity contribution in [3.8, 4) is 10.8 Å². The van der Waals surface area contributed by atoms with Crippen LogP contribution in [0.2, 0.25) is 0 Å². The van der Waals surface area contributed by atoms with Crippen molar-refractivity contribution in [1.82, 2.24) is 15.2 Å². The Hall–Kier alpha value is -2.48. The second kappa shape index (κ2) is 8.90. The van der Waals surface area contributed by atoms with Crippen molar-refractivity contribution in [2.45, 2.75) is 25.9 Å². The molecule has 2 N–H and O–H groups in total. The van der Waals surface area contributed by atoms with Gasteiger partial charge in [-0.05, 0) is 37.6 Å². The van der Waals surface area contributed by atoms with Gasteiger partial charge in [0.1, 0.15) is 5.69 Å². The van der Waals surface area contributed by atoms with Gasteiger partial charge in [0, 0.05) is 36.5 Å². The fourth-order valence-corrected chi connectivity index (χ4v) is 4.66. The number of carbonyl (C=O) groups excluding carboxylic acids is 1. The number of nitrogens with zero attached hydrogens (tertiary/aromatic N) is 2. The molecule has 1 fully saturated rings. The lowest BCUT2D eigenvalue weighted by molar-refractivity contribution is 0.0727. The van der Waals surface area contributed by atoms with Gasteiger partial charge in [0.15, 0.2) is 10.8 Å². The molecule has 2 aromatic heterocycles. The third-order valence-electron chi connectivity index (χ3n) is 5.38. The largest absolute Gasteiger partial charge is 0.462 e. The lowest BCUT2D eigenvalue weighted by Gasteiger charge is -2.38. The molecule has 0 saturated carbocycles. The van der Waals surface area contributed by atoms with Gasteiger partial charge in [-0.25, -0.2) is 4.98 Å². The minimum atomic E-state index is -0.193. The lowest BCUT2D eigenvalue weighted by atomic mass is 9.91. The molecule has 1 amide bonds. The Bertz CT molecular complexity index is 940. The summed E-state index contributed by atoms with van der Waals surface area (Å²) >= 11 is 1.45. The zero-order valence-electron chi connectivity index (χ0n) is 16.4. The Morgan fingerprint density at radius 2 is 2.14 bits per heavy atom. The summed E-state index contributed by atoms with van der Waals surface area (Å²) in [6.45, 7) is 4.41. The third-order valence-corrected chi connectivity index (χ3v) is 6.37. The molecule has 6 nitrogen and oxygen atoms in total. The van der Waals surface area contributed by atoms with Crippen LogP contribution in [0.5, 0.6) is 0 Å². The Morgan fingerprint density at radius 3 is 2.86 bits per heavy atom. The van der Waals surface area contributed by atoms with E-state index in [1.807, 2.05) is 31.2 Å². The van der Waals surface area contributed by atoms with Gasteiger partial charge in [0.05, 0.1) is 6.26 Å². The second-order valence-corrected chi connectivity index (χ2v) is 8.64. The molecule has 1 aliphatic rings. The molecule has 0 spiro atoms. The Balaban J connectivity index is 1.45. The van der Waals surface area contributed by atoms with E-state index in [-0.39, 0.29) is 24.5 Å². The molecule has 152 valence electrons. The molecule has 29 heavy (non-hydrogen) atoms. The van der Waals surface area contributed by atoms with Crippen LogP contribution in [0.25, 0.3) is 10.8 Å². The van der Waals surface area contributed by atoms with E-state index in [1.54, 1.807) is 12.3 Å². The third kappa shape index (κ3) is 4.58. The summed E-state index contributed by atoms with van der Waals surface area (Å²) in [5, 5.41) is 13.6. The number of furan rings is 1. The van der Waals surface area contributed by atoms with Gasteiger partial charge in [-0.2, -0.15) is 0 Å². The van der Waals surface area contributed by atoms with Crippen LogP contribution in [-0.2, 0) is 6.54 Å². The highest BCUT2D eigenvalue weighted by atomic mass is 32.1. The van der Waals surface area contributed by atoms with Crippen molar-refractivity contribution in [3.05, 3.63) is 64.9 Å². The summed E-state index contributed by atoms with van der Waals surface area (Å²) in [6.07, 6.45) is 2.45. The smallest absolute Gasteiger partial charge is 0.271 e. The molecule has 7 heteroatoms. The average molecular weight is 412 g/mol. The zero-order chi connectivity index (χ0) is 20.2. The number of nitrogens with one attached hydrogen (secondary N) is 1. The number of rotatable bonds is 6. The number of aryl methyl sites for hydroxylation is 1. The molecular weight excluding hydrogens is 386 g/mol. The molecule has 1 aromatic carbocycles. The fourth-order valence-electron chi connectivity index (χ4n) is 3.78. The summed E-state index contributed by atoms with van der Waals surface area (Å²) in [5.74, 6) is 0.521. The first-order valence-corrected chi connectivity index (χ1v) is 10.6.